The summed E-state index contributed by atoms with van der Waals surface area (Å²) in [5.74, 6) is -3.76. The third-order valence-corrected chi connectivity index (χ3v) is 5.38. The Morgan fingerprint density at radius 2 is 2.22 bits per heavy atom. The molecule has 3 rings (SSSR count). The van der Waals surface area contributed by atoms with Crippen LogP contribution >= 0.6 is 11.9 Å². The highest BCUT2D eigenvalue weighted by molar-refractivity contribution is 8.01. The van der Waals surface area contributed by atoms with Crippen molar-refractivity contribution >= 4 is 17.9 Å². The summed E-state index contributed by atoms with van der Waals surface area (Å²) in [6.07, 6.45) is 5.48. The summed E-state index contributed by atoms with van der Waals surface area (Å²) >= 11 is 1.41. The van der Waals surface area contributed by atoms with Gasteiger partial charge in [-0.15, -0.1) is 0 Å². The largest absolute Gasteiger partial charge is 0.395 e. The van der Waals surface area contributed by atoms with Crippen molar-refractivity contribution < 1.29 is 18.7 Å². The van der Waals surface area contributed by atoms with Crippen LogP contribution in [0.4, 0.5) is 8.78 Å². The third kappa shape index (κ3) is 3.81. The van der Waals surface area contributed by atoms with Crippen molar-refractivity contribution in [3.8, 4) is 0 Å². The van der Waals surface area contributed by atoms with E-state index >= 15 is 0 Å². The Hall–Kier alpha value is -2.45. The standard InChI is InChI=1S/C19H19F2N3O2S/c1-3-13(4-2)27-24-9-12-8-23(10-17(12)22-24)19(26)15(11-25)14-6-5-7-16(20)18(14)21/h3-7,9,15,25H,1,8,10-11H2,2H3/b13-4+. The fraction of sp³-hybridized carbons (Fsp3) is 0.263. The van der Waals surface area contributed by atoms with Crippen LogP contribution in [0, 0.1) is 11.6 Å². The summed E-state index contributed by atoms with van der Waals surface area (Å²) in [5.41, 5.74) is 1.48. The van der Waals surface area contributed by atoms with E-state index in [2.05, 4.69) is 11.7 Å². The van der Waals surface area contributed by atoms with E-state index in [0.717, 1.165) is 22.2 Å². The molecule has 0 aliphatic carbocycles. The predicted molar refractivity (Wildman–Crippen MR) is 99.6 cm³/mol. The van der Waals surface area contributed by atoms with Crippen molar-refractivity contribution in [2.24, 2.45) is 0 Å². The van der Waals surface area contributed by atoms with Gasteiger partial charge in [0.1, 0.15) is 0 Å². The Bertz CT molecular complexity index is 887. The molecule has 1 aliphatic heterocycles. The van der Waals surface area contributed by atoms with Crippen molar-refractivity contribution in [2.45, 2.75) is 25.9 Å². The maximum absolute atomic E-state index is 14.0. The van der Waals surface area contributed by atoms with E-state index in [0.29, 0.717) is 6.54 Å². The molecule has 1 atom stereocenters. The number of fused-ring (bicyclic) bond motifs is 1. The summed E-state index contributed by atoms with van der Waals surface area (Å²) < 4.78 is 29.2. The zero-order chi connectivity index (χ0) is 19.6. The number of allylic oxidation sites excluding steroid dienone is 2. The molecule has 1 N–H and O–H groups in total. The van der Waals surface area contributed by atoms with Crippen molar-refractivity contribution in [3.63, 3.8) is 0 Å². The topological polar surface area (TPSA) is 58.4 Å². The molecule has 0 bridgehead atoms. The molecule has 27 heavy (non-hydrogen) atoms. The monoisotopic (exact) mass is 391 g/mol. The van der Waals surface area contributed by atoms with Crippen molar-refractivity contribution in [1.82, 2.24) is 14.1 Å². The number of hydrogen-bond acceptors (Lipinski definition) is 4. The minimum atomic E-state index is -1.15. The fourth-order valence-corrected chi connectivity index (χ4v) is 3.68. The summed E-state index contributed by atoms with van der Waals surface area (Å²) in [7, 11) is 0. The average Bonchev–Trinajstić information content (AvgIpc) is 3.22. The molecule has 1 amide bonds. The maximum atomic E-state index is 14.0. The molecule has 2 heterocycles. The molecular weight excluding hydrogens is 372 g/mol. The van der Waals surface area contributed by atoms with E-state index in [1.807, 2.05) is 19.2 Å². The van der Waals surface area contributed by atoms with E-state index in [9.17, 15) is 18.7 Å². The van der Waals surface area contributed by atoms with Gasteiger partial charge < -0.3 is 10.0 Å². The lowest BCUT2D eigenvalue weighted by molar-refractivity contribution is -0.134. The lowest BCUT2D eigenvalue weighted by atomic mass is 9.97. The van der Waals surface area contributed by atoms with Crippen LogP contribution in [0.3, 0.4) is 0 Å². The van der Waals surface area contributed by atoms with Gasteiger partial charge in [-0.05, 0) is 13.0 Å². The second-order valence-electron chi connectivity index (χ2n) is 6.06. The molecule has 5 nitrogen and oxygen atoms in total. The van der Waals surface area contributed by atoms with Gasteiger partial charge in [-0.1, -0.05) is 30.9 Å². The zero-order valence-electron chi connectivity index (χ0n) is 14.7. The fourth-order valence-electron chi connectivity index (χ4n) is 2.97. The summed E-state index contributed by atoms with van der Waals surface area (Å²) in [6, 6.07) is 3.62. The Kier molecular flexibility index (Phi) is 5.76. The highest BCUT2D eigenvalue weighted by Gasteiger charge is 2.33. The molecule has 0 radical (unpaired) electrons. The smallest absolute Gasteiger partial charge is 0.233 e. The number of carbonyl (C=O) groups is 1. The zero-order valence-corrected chi connectivity index (χ0v) is 15.5. The molecule has 1 aliphatic rings. The van der Waals surface area contributed by atoms with Gasteiger partial charge in [-0.25, -0.2) is 12.9 Å². The van der Waals surface area contributed by atoms with Gasteiger partial charge in [-0.2, -0.15) is 5.10 Å². The van der Waals surface area contributed by atoms with Gasteiger partial charge in [0, 0.05) is 40.7 Å². The van der Waals surface area contributed by atoms with Crippen LogP contribution in [0.25, 0.3) is 0 Å². The van der Waals surface area contributed by atoms with Gasteiger partial charge >= 0.3 is 0 Å². The van der Waals surface area contributed by atoms with Crippen LogP contribution in [-0.4, -0.2) is 31.7 Å². The normalized spacial score (nSPS) is 15.0. The van der Waals surface area contributed by atoms with Crippen LogP contribution in [0.2, 0.25) is 0 Å². The number of rotatable bonds is 6. The molecular formula is C19H19F2N3O2S. The molecule has 2 aromatic rings. The van der Waals surface area contributed by atoms with Crippen LogP contribution in [0.1, 0.15) is 29.7 Å². The third-order valence-electron chi connectivity index (χ3n) is 4.39. The van der Waals surface area contributed by atoms with Crippen molar-refractivity contribution in [1.29, 1.82) is 0 Å². The molecule has 142 valence electrons. The number of carbonyl (C=O) groups excluding carboxylic acids is 1. The maximum Gasteiger partial charge on any atom is 0.233 e. The Morgan fingerprint density at radius 3 is 2.85 bits per heavy atom. The quantitative estimate of drug-likeness (QED) is 0.767. The molecule has 8 heteroatoms. The number of amides is 1. The van der Waals surface area contributed by atoms with Crippen molar-refractivity contribution in [2.75, 3.05) is 6.61 Å². The van der Waals surface area contributed by atoms with Crippen LogP contribution in [-0.2, 0) is 17.9 Å². The van der Waals surface area contributed by atoms with Crippen LogP contribution in [0.15, 0.2) is 48.0 Å². The molecule has 1 unspecified atom stereocenters. The van der Waals surface area contributed by atoms with E-state index in [4.69, 9.17) is 0 Å². The summed E-state index contributed by atoms with van der Waals surface area (Å²) in [4.78, 5) is 15.2. The van der Waals surface area contributed by atoms with Gasteiger partial charge in [0.05, 0.1) is 24.8 Å². The minimum Gasteiger partial charge on any atom is -0.395 e. The lowest BCUT2D eigenvalue weighted by Crippen LogP contribution is -2.33. The minimum absolute atomic E-state index is 0.142. The number of hydrogen-bond donors (Lipinski definition) is 1. The van der Waals surface area contributed by atoms with Gasteiger partial charge in [0.25, 0.3) is 0 Å². The number of nitrogens with zero attached hydrogens (tertiary/aromatic N) is 3. The van der Waals surface area contributed by atoms with Crippen LogP contribution in [0.5, 0.6) is 0 Å². The number of aliphatic hydroxyl groups is 1. The SMILES string of the molecule is C=C/C(=C\C)Sn1cc2c(n1)CN(C(=O)C(CO)c1cccc(F)c1F)C2. The first-order valence-electron chi connectivity index (χ1n) is 8.36. The molecule has 1 aromatic carbocycles. The molecule has 0 spiro atoms. The molecule has 0 fully saturated rings. The highest BCUT2D eigenvalue weighted by atomic mass is 32.2. The number of benzene rings is 1. The first-order valence-corrected chi connectivity index (χ1v) is 9.13. The molecule has 0 saturated carbocycles. The van der Waals surface area contributed by atoms with Crippen molar-refractivity contribution in [3.05, 3.63) is 76.5 Å². The predicted octanol–water partition coefficient (Wildman–Crippen LogP) is 3.37. The lowest BCUT2D eigenvalue weighted by Gasteiger charge is -2.22. The summed E-state index contributed by atoms with van der Waals surface area (Å²) in [5, 5.41) is 14.1. The second-order valence-corrected chi connectivity index (χ2v) is 7.09. The summed E-state index contributed by atoms with van der Waals surface area (Å²) in [6.45, 7) is 5.60. The first kappa shape index (κ1) is 19.3. The van der Waals surface area contributed by atoms with Gasteiger partial charge in [-0.3, -0.25) is 4.79 Å². The van der Waals surface area contributed by atoms with Gasteiger partial charge in [0.2, 0.25) is 5.91 Å². The Morgan fingerprint density at radius 1 is 1.44 bits per heavy atom. The second kappa shape index (κ2) is 8.06. The first-order chi connectivity index (χ1) is 13.0. The molecule has 1 aromatic heterocycles. The van der Waals surface area contributed by atoms with E-state index < -0.39 is 30.1 Å². The highest BCUT2D eigenvalue weighted by Crippen LogP contribution is 2.30. The van der Waals surface area contributed by atoms with E-state index in [1.165, 1.54) is 29.0 Å². The average molecular weight is 391 g/mol. The van der Waals surface area contributed by atoms with Gasteiger partial charge in [0.15, 0.2) is 11.6 Å². The number of halogens is 2. The Balaban J connectivity index is 1.75. The Labute approximate surface area is 160 Å². The van der Waals surface area contributed by atoms with E-state index in [1.54, 1.807) is 10.2 Å². The number of aromatic nitrogens is 2. The van der Waals surface area contributed by atoms with E-state index in [-0.39, 0.29) is 12.1 Å². The molecule has 0 saturated heterocycles. The number of aliphatic hydroxyl groups excluding tert-OH is 1. The van der Waals surface area contributed by atoms with Crippen LogP contribution < -0.4 is 0 Å².